The number of halogens is 1. The van der Waals surface area contributed by atoms with Crippen LogP contribution in [-0.2, 0) is 0 Å². The lowest BCUT2D eigenvalue weighted by Crippen LogP contribution is -2.42. The van der Waals surface area contributed by atoms with Gasteiger partial charge in [0.2, 0.25) is 0 Å². The molecule has 2 aromatic heterocycles. The molecule has 0 amide bonds. The molecule has 4 N–H and O–H groups in total. The fraction of sp³-hybridized carbons (Fsp3) is 0.167. The van der Waals surface area contributed by atoms with Crippen molar-refractivity contribution in [1.82, 2.24) is 14.5 Å². The number of hydrogen-bond donors (Lipinski definition) is 2. The Kier molecular flexibility index (Phi) is 4.88. The van der Waals surface area contributed by atoms with Gasteiger partial charge < -0.3 is 16.4 Å². The van der Waals surface area contributed by atoms with Crippen molar-refractivity contribution in [3.63, 3.8) is 0 Å². The number of aryl methyl sites for hydroxylation is 1. The van der Waals surface area contributed by atoms with Crippen molar-refractivity contribution in [2.75, 3.05) is 17.2 Å². The van der Waals surface area contributed by atoms with Crippen molar-refractivity contribution in [1.29, 1.82) is 0 Å². The number of rotatable bonds is 4. The van der Waals surface area contributed by atoms with Gasteiger partial charge in [-0.05, 0) is 54.4 Å². The van der Waals surface area contributed by atoms with Crippen molar-refractivity contribution in [2.24, 2.45) is 5.73 Å². The molecule has 1 aliphatic rings. The maximum Gasteiger partial charge on any atom is 0.121 e. The van der Waals surface area contributed by atoms with Crippen LogP contribution in [0.4, 0.5) is 11.4 Å². The number of pyridine rings is 1. The number of anilines is 2. The van der Waals surface area contributed by atoms with Crippen molar-refractivity contribution in [2.45, 2.75) is 19.0 Å². The Hall–Kier alpha value is -3.35. The molecule has 6 nitrogen and oxygen atoms in total. The van der Waals surface area contributed by atoms with Gasteiger partial charge in [-0.1, -0.05) is 29.8 Å². The van der Waals surface area contributed by atoms with Crippen LogP contribution in [0.2, 0.25) is 5.02 Å². The van der Waals surface area contributed by atoms with E-state index in [9.17, 15) is 0 Å². The van der Waals surface area contributed by atoms with Crippen LogP contribution in [0.3, 0.4) is 0 Å². The Morgan fingerprint density at radius 2 is 1.97 bits per heavy atom. The zero-order valence-electron chi connectivity index (χ0n) is 17.1. The van der Waals surface area contributed by atoms with E-state index in [-0.39, 0.29) is 12.1 Å². The van der Waals surface area contributed by atoms with E-state index < -0.39 is 0 Å². The highest BCUT2D eigenvalue weighted by atomic mass is 35.5. The molecule has 5 rings (SSSR count). The minimum Gasteiger partial charge on any atom is -0.399 e. The topological polar surface area (TPSA) is 86.0 Å². The normalized spacial score (nSPS) is 16.0. The number of hydrogen-bond acceptors (Lipinski definition) is 5. The lowest BCUT2D eigenvalue weighted by Gasteiger charge is -2.39. The summed E-state index contributed by atoms with van der Waals surface area (Å²) in [6.07, 6.45) is 5.03. The number of benzene rings is 2. The molecule has 0 aliphatic carbocycles. The molecule has 0 fully saturated rings. The van der Waals surface area contributed by atoms with Gasteiger partial charge in [-0.25, -0.2) is 4.98 Å². The summed E-state index contributed by atoms with van der Waals surface area (Å²) < 4.78 is 2.00. The summed E-state index contributed by atoms with van der Waals surface area (Å²) in [5.41, 5.74) is 19.5. The first-order chi connectivity index (χ1) is 15.0. The molecule has 0 bridgehead atoms. The summed E-state index contributed by atoms with van der Waals surface area (Å²) in [5, 5.41) is 0.726. The second kappa shape index (κ2) is 7.72. The van der Waals surface area contributed by atoms with Gasteiger partial charge >= 0.3 is 0 Å². The van der Waals surface area contributed by atoms with Crippen molar-refractivity contribution in [3.05, 3.63) is 101 Å². The zero-order valence-corrected chi connectivity index (χ0v) is 17.9. The van der Waals surface area contributed by atoms with Gasteiger partial charge in [0.05, 0.1) is 29.6 Å². The van der Waals surface area contributed by atoms with Gasteiger partial charge in [0.1, 0.15) is 6.17 Å². The first kappa shape index (κ1) is 19.6. The van der Waals surface area contributed by atoms with Crippen molar-refractivity contribution < 1.29 is 0 Å². The Morgan fingerprint density at radius 1 is 1.10 bits per heavy atom. The maximum atomic E-state index is 6.75. The molecule has 0 radical (unpaired) electrons. The number of nitrogen functional groups attached to an aromatic ring is 1. The SMILES string of the molecule is Cc1cccc(Cl)c1C(CN1c2ccc(N)cc2-n2cncc2C1N)c1ccccn1. The van der Waals surface area contributed by atoms with E-state index in [0.29, 0.717) is 12.2 Å². The minimum absolute atomic E-state index is 0.0687. The van der Waals surface area contributed by atoms with Gasteiger partial charge in [0.15, 0.2) is 0 Å². The summed E-state index contributed by atoms with van der Waals surface area (Å²) in [6.45, 7) is 2.68. The van der Waals surface area contributed by atoms with Crippen LogP contribution in [0, 0.1) is 6.92 Å². The lowest BCUT2D eigenvalue weighted by atomic mass is 9.90. The molecule has 4 aromatic rings. The van der Waals surface area contributed by atoms with Crippen LogP contribution in [0.15, 0.2) is 73.3 Å². The number of nitrogens with zero attached hydrogens (tertiary/aromatic N) is 4. The molecule has 2 aromatic carbocycles. The Labute approximate surface area is 186 Å². The average molecular weight is 431 g/mol. The molecule has 7 heteroatoms. The summed E-state index contributed by atoms with van der Waals surface area (Å²) >= 11 is 6.70. The summed E-state index contributed by atoms with van der Waals surface area (Å²) in [6, 6.07) is 17.8. The monoisotopic (exact) mass is 430 g/mol. The summed E-state index contributed by atoms with van der Waals surface area (Å²) in [7, 11) is 0. The quantitative estimate of drug-likeness (QED) is 0.468. The molecule has 0 saturated carbocycles. The third kappa shape index (κ3) is 3.34. The van der Waals surface area contributed by atoms with E-state index >= 15 is 0 Å². The van der Waals surface area contributed by atoms with Crippen LogP contribution in [0.1, 0.15) is 34.6 Å². The smallest absolute Gasteiger partial charge is 0.121 e. The standard InChI is InChI=1S/C24H23ClN6/c1-15-5-4-6-18(25)23(15)17(19-7-2-3-10-29-19)13-30-20-9-8-16(26)11-21(20)31-14-28-12-22(31)24(30)27/h2-12,14,17,24H,13,26-27H2,1H3. The van der Waals surface area contributed by atoms with E-state index in [1.54, 1.807) is 12.5 Å². The molecule has 2 atom stereocenters. The molecule has 1 aliphatic heterocycles. The van der Waals surface area contributed by atoms with Crippen LogP contribution in [-0.4, -0.2) is 21.1 Å². The second-order valence-electron chi connectivity index (χ2n) is 7.81. The van der Waals surface area contributed by atoms with E-state index in [1.165, 1.54) is 0 Å². The Morgan fingerprint density at radius 3 is 2.74 bits per heavy atom. The molecule has 0 spiro atoms. The Bertz CT molecular complexity index is 1220. The summed E-state index contributed by atoms with van der Waals surface area (Å²) in [4.78, 5) is 11.2. The molecule has 0 saturated heterocycles. The highest BCUT2D eigenvalue weighted by molar-refractivity contribution is 6.31. The Balaban J connectivity index is 1.65. The van der Waals surface area contributed by atoms with E-state index in [1.807, 2.05) is 59.3 Å². The van der Waals surface area contributed by atoms with Gasteiger partial charge in [-0.3, -0.25) is 9.55 Å². The molecule has 31 heavy (non-hydrogen) atoms. The van der Waals surface area contributed by atoms with Gasteiger partial charge in [0, 0.05) is 35.1 Å². The fourth-order valence-corrected chi connectivity index (χ4v) is 4.77. The largest absolute Gasteiger partial charge is 0.399 e. The van der Waals surface area contributed by atoms with E-state index in [4.69, 9.17) is 23.1 Å². The number of imidazole rings is 1. The zero-order chi connectivity index (χ0) is 21.5. The molecule has 2 unspecified atom stereocenters. The summed E-state index contributed by atoms with van der Waals surface area (Å²) in [5.74, 6) is -0.0687. The molecular weight excluding hydrogens is 408 g/mol. The highest BCUT2D eigenvalue weighted by Crippen LogP contribution is 2.41. The van der Waals surface area contributed by atoms with Gasteiger partial charge in [-0.15, -0.1) is 0 Å². The fourth-order valence-electron chi connectivity index (χ4n) is 4.42. The number of nitrogens with two attached hydrogens (primary N) is 2. The third-order valence-electron chi connectivity index (χ3n) is 5.92. The van der Waals surface area contributed by atoms with Crippen molar-refractivity contribution in [3.8, 4) is 5.69 Å². The van der Waals surface area contributed by atoms with Crippen molar-refractivity contribution >= 4 is 23.0 Å². The molecule has 3 heterocycles. The first-order valence-corrected chi connectivity index (χ1v) is 10.5. The average Bonchev–Trinajstić information content (AvgIpc) is 3.26. The van der Waals surface area contributed by atoms with Crippen LogP contribution >= 0.6 is 11.6 Å². The van der Waals surface area contributed by atoms with Crippen LogP contribution in [0.5, 0.6) is 0 Å². The van der Waals surface area contributed by atoms with Gasteiger partial charge in [0.25, 0.3) is 0 Å². The third-order valence-corrected chi connectivity index (χ3v) is 6.25. The highest BCUT2D eigenvalue weighted by Gasteiger charge is 2.33. The van der Waals surface area contributed by atoms with Crippen LogP contribution in [0.25, 0.3) is 5.69 Å². The second-order valence-corrected chi connectivity index (χ2v) is 8.22. The molecular formula is C24H23ClN6. The number of aromatic nitrogens is 3. The first-order valence-electron chi connectivity index (χ1n) is 10.1. The predicted molar refractivity (Wildman–Crippen MR) is 125 cm³/mol. The van der Waals surface area contributed by atoms with E-state index in [0.717, 1.165) is 38.9 Å². The van der Waals surface area contributed by atoms with Gasteiger partial charge in [-0.2, -0.15) is 0 Å². The molecule has 156 valence electrons. The maximum absolute atomic E-state index is 6.75. The number of fused-ring (bicyclic) bond motifs is 3. The van der Waals surface area contributed by atoms with E-state index in [2.05, 4.69) is 27.9 Å². The lowest BCUT2D eigenvalue weighted by molar-refractivity contribution is 0.570. The van der Waals surface area contributed by atoms with Crippen LogP contribution < -0.4 is 16.4 Å². The predicted octanol–water partition coefficient (Wildman–Crippen LogP) is 4.42. The minimum atomic E-state index is -0.368.